The van der Waals surface area contributed by atoms with Crippen LogP contribution in [0, 0.1) is 5.92 Å². The second-order valence-corrected chi connectivity index (χ2v) is 6.77. The van der Waals surface area contributed by atoms with Crippen LogP contribution in [0.4, 0.5) is 13.2 Å². The lowest BCUT2D eigenvalue weighted by Gasteiger charge is -2.17. The molecule has 0 spiro atoms. The number of hydrogen-bond acceptors (Lipinski definition) is 1. The first-order chi connectivity index (χ1) is 11.9. The van der Waals surface area contributed by atoms with E-state index in [0.717, 1.165) is 31.4 Å². The molecule has 0 heterocycles. The van der Waals surface area contributed by atoms with Gasteiger partial charge in [-0.15, -0.1) is 0 Å². The Morgan fingerprint density at radius 1 is 1.24 bits per heavy atom. The Hall–Kier alpha value is -1.55. The van der Waals surface area contributed by atoms with Gasteiger partial charge in [-0.1, -0.05) is 43.4 Å². The van der Waals surface area contributed by atoms with Crippen molar-refractivity contribution < 1.29 is 13.2 Å². The van der Waals surface area contributed by atoms with E-state index in [1.807, 2.05) is 12.2 Å². The van der Waals surface area contributed by atoms with Crippen molar-refractivity contribution in [2.24, 2.45) is 5.92 Å². The normalized spacial score (nSPS) is 22.6. The molecule has 0 radical (unpaired) electrons. The van der Waals surface area contributed by atoms with Crippen LogP contribution in [0.15, 0.2) is 59.3 Å². The second kappa shape index (κ2) is 9.23. The highest BCUT2D eigenvalue weighted by molar-refractivity contribution is 5.52. The summed E-state index contributed by atoms with van der Waals surface area (Å²) >= 11 is 0. The van der Waals surface area contributed by atoms with E-state index < -0.39 is 11.7 Å². The zero-order valence-corrected chi connectivity index (χ0v) is 15.1. The van der Waals surface area contributed by atoms with E-state index in [9.17, 15) is 13.2 Å². The molecule has 0 aliphatic heterocycles. The molecule has 2 unspecified atom stereocenters. The van der Waals surface area contributed by atoms with Crippen molar-refractivity contribution >= 4 is 0 Å². The molecule has 1 nitrogen and oxygen atoms in total. The van der Waals surface area contributed by atoms with Gasteiger partial charge in [-0.3, -0.25) is 0 Å². The minimum atomic E-state index is -4.32. The fourth-order valence-electron chi connectivity index (χ4n) is 3.12. The molecule has 0 aromatic carbocycles. The van der Waals surface area contributed by atoms with Crippen LogP contribution in [0.1, 0.15) is 46.0 Å². The van der Waals surface area contributed by atoms with Gasteiger partial charge in [-0.2, -0.15) is 13.2 Å². The number of allylic oxidation sites excluding steroid dienone is 10. The maximum Gasteiger partial charge on any atom is 0.416 e. The monoisotopic (exact) mass is 351 g/mol. The van der Waals surface area contributed by atoms with Gasteiger partial charge in [0.2, 0.25) is 0 Å². The van der Waals surface area contributed by atoms with Gasteiger partial charge in [0.05, 0.1) is 5.57 Å². The summed E-state index contributed by atoms with van der Waals surface area (Å²) in [6, 6.07) is 0.504. The average molecular weight is 351 g/mol. The maximum atomic E-state index is 13.4. The van der Waals surface area contributed by atoms with Gasteiger partial charge < -0.3 is 5.32 Å². The summed E-state index contributed by atoms with van der Waals surface area (Å²) in [5, 5.41) is 3.48. The van der Waals surface area contributed by atoms with Crippen LogP contribution in [0.2, 0.25) is 0 Å². The standard InChI is InChI=1S/C21H28F3N/c1-3-16(2)25-15-14-17-8-7-9-18(13-12-17)19-10-5-4-6-11-20(19)21(22,23)24/h4,6-8,10-11,13,16-17,25H,3,5,9,12,14-15H2,1-2H3. The van der Waals surface area contributed by atoms with Crippen molar-refractivity contribution in [1.29, 1.82) is 0 Å². The van der Waals surface area contributed by atoms with Crippen LogP contribution >= 0.6 is 0 Å². The number of halogens is 3. The first-order valence-corrected chi connectivity index (χ1v) is 9.15. The molecule has 25 heavy (non-hydrogen) atoms. The third-order valence-corrected chi connectivity index (χ3v) is 4.83. The maximum absolute atomic E-state index is 13.4. The number of hydrogen-bond donors (Lipinski definition) is 1. The summed E-state index contributed by atoms with van der Waals surface area (Å²) in [5.74, 6) is 0.386. The summed E-state index contributed by atoms with van der Waals surface area (Å²) in [5.41, 5.74) is 0.610. The van der Waals surface area contributed by atoms with Gasteiger partial charge in [0.1, 0.15) is 0 Å². The Kier molecular flexibility index (Phi) is 7.30. The van der Waals surface area contributed by atoms with Crippen molar-refractivity contribution in [1.82, 2.24) is 5.32 Å². The first kappa shape index (κ1) is 19.8. The molecule has 4 heteroatoms. The van der Waals surface area contributed by atoms with E-state index in [2.05, 4.69) is 25.2 Å². The Bertz CT molecular complexity index is 591. The van der Waals surface area contributed by atoms with Crippen LogP contribution < -0.4 is 5.32 Å². The lowest BCUT2D eigenvalue weighted by Crippen LogP contribution is -2.27. The van der Waals surface area contributed by atoms with Crippen LogP contribution in [-0.2, 0) is 0 Å². The van der Waals surface area contributed by atoms with Crippen LogP contribution in [0.25, 0.3) is 0 Å². The fraction of sp³-hybridized carbons (Fsp3) is 0.524. The SMILES string of the molecule is CCC(C)NCCC1C=CCC(C2=CCC=CC=C2C(F)(F)F)=CC1. The van der Waals surface area contributed by atoms with E-state index in [1.165, 1.54) is 12.2 Å². The smallest absolute Gasteiger partial charge is 0.314 e. The molecule has 138 valence electrons. The van der Waals surface area contributed by atoms with Gasteiger partial charge >= 0.3 is 6.18 Å². The molecule has 0 aromatic heterocycles. The Morgan fingerprint density at radius 3 is 2.76 bits per heavy atom. The van der Waals surface area contributed by atoms with E-state index >= 15 is 0 Å². The van der Waals surface area contributed by atoms with E-state index in [0.29, 0.717) is 30.4 Å². The predicted octanol–water partition coefficient (Wildman–Crippen LogP) is 6.03. The van der Waals surface area contributed by atoms with Gasteiger partial charge in [-0.25, -0.2) is 0 Å². The highest BCUT2D eigenvalue weighted by Crippen LogP contribution is 2.38. The molecular formula is C21H28F3N. The summed E-state index contributed by atoms with van der Waals surface area (Å²) < 4.78 is 40.2. The van der Waals surface area contributed by atoms with Crippen LogP contribution in [0.5, 0.6) is 0 Å². The number of nitrogens with one attached hydrogen (secondary N) is 1. The summed E-state index contributed by atoms with van der Waals surface area (Å²) in [6.45, 7) is 5.26. The predicted molar refractivity (Wildman–Crippen MR) is 98.3 cm³/mol. The fourth-order valence-corrected chi connectivity index (χ4v) is 3.12. The van der Waals surface area contributed by atoms with Crippen molar-refractivity contribution in [3.63, 3.8) is 0 Å². The largest absolute Gasteiger partial charge is 0.416 e. The third kappa shape index (κ3) is 6.03. The molecule has 0 bridgehead atoms. The molecule has 0 amide bonds. The molecule has 0 saturated carbocycles. The Morgan fingerprint density at radius 2 is 2.04 bits per heavy atom. The lowest BCUT2D eigenvalue weighted by atomic mass is 9.93. The molecule has 2 aliphatic rings. The third-order valence-electron chi connectivity index (χ3n) is 4.83. The lowest BCUT2D eigenvalue weighted by molar-refractivity contribution is -0.0891. The summed E-state index contributed by atoms with van der Waals surface area (Å²) in [4.78, 5) is 0. The second-order valence-electron chi connectivity index (χ2n) is 6.77. The van der Waals surface area contributed by atoms with E-state index in [4.69, 9.17) is 0 Å². The first-order valence-electron chi connectivity index (χ1n) is 9.15. The topological polar surface area (TPSA) is 12.0 Å². The van der Waals surface area contributed by atoms with Crippen LogP contribution in [0.3, 0.4) is 0 Å². The molecule has 0 fully saturated rings. The Balaban J connectivity index is 2.05. The van der Waals surface area contributed by atoms with E-state index in [-0.39, 0.29) is 0 Å². The summed E-state index contributed by atoms with van der Waals surface area (Å²) in [7, 11) is 0. The molecule has 0 aromatic rings. The minimum Gasteiger partial charge on any atom is -0.314 e. The molecule has 1 N–H and O–H groups in total. The minimum absolute atomic E-state index is 0.348. The molecule has 2 atom stereocenters. The molecule has 2 rings (SSSR count). The van der Waals surface area contributed by atoms with Gasteiger partial charge in [-0.05, 0) is 68.7 Å². The number of alkyl halides is 3. The molecule has 2 aliphatic carbocycles. The van der Waals surface area contributed by atoms with Crippen molar-refractivity contribution in [2.75, 3.05) is 6.54 Å². The van der Waals surface area contributed by atoms with Crippen LogP contribution in [-0.4, -0.2) is 18.8 Å². The zero-order valence-electron chi connectivity index (χ0n) is 15.1. The highest BCUT2D eigenvalue weighted by Gasteiger charge is 2.36. The highest BCUT2D eigenvalue weighted by atomic mass is 19.4. The van der Waals surface area contributed by atoms with Gasteiger partial charge in [0.25, 0.3) is 0 Å². The van der Waals surface area contributed by atoms with Crippen molar-refractivity contribution in [3.8, 4) is 0 Å². The quantitative estimate of drug-likeness (QED) is 0.576. The molecular weight excluding hydrogens is 323 g/mol. The van der Waals surface area contributed by atoms with Gasteiger partial charge in [0, 0.05) is 6.04 Å². The van der Waals surface area contributed by atoms with E-state index in [1.54, 1.807) is 12.2 Å². The van der Waals surface area contributed by atoms with Crippen molar-refractivity contribution in [3.05, 3.63) is 59.3 Å². The van der Waals surface area contributed by atoms with Crippen molar-refractivity contribution in [2.45, 2.75) is 58.2 Å². The van der Waals surface area contributed by atoms with Gasteiger partial charge in [0.15, 0.2) is 0 Å². The number of rotatable bonds is 6. The summed E-state index contributed by atoms with van der Waals surface area (Å²) in [6.07, 6.45) is 12.0. The Labute approximate surface area is 149 Å². The zero-order chi connectivity index (χ0) is 18.3. The molecule has 0 saturated heterocycles. The average Bonchev–Trinajstić information content (AvgIpc) is 2.94.